The molecule has 8 heteroatoms. The van der Waals surface area contributed by atoms with Gasteiger partial charge in [-0.25, -0.2) is 4.98 Å². The van der Waals surface area contributed by atoms with E-state index in [1.807, 2.05) is 26.0 Å². The summed E-state index contributed by atoms with van der Waals surface area (Å²) in [5, 5.41) is 11.6. The van der Waals surface area contributed by atoms with E-state index in [9.17, 15) is 14.9 Å². The van der Waals surface area contributed by atoms with E-state index >= 15 is 0 Å². The van der Waals surface area contributed by atoms with Crippen LogP contribution >= 0.6 is 11.3 Å². The van der Waals surface area contributed by atoms with Crippen LogP contribution < -0.4 is 4.90 Å². The summed E-state index contributed by atoms with van der Waals surface area (Å²) in [7, 11) is 0. The molecular formula is C23H19N3O4S. The van der Waals surface area contributed by atoms with Gasteiger partial charge in [0.25, 0.3) is 11.6 Å². The summed E-state index contributed by atoms with van der Waals surface area (Å²) in [6, 6.07) is 13.7. The van der Waals surface area contributed by atoms with Crippen molar-refractivity contribution in [1.29, 1.82) is 0 Å². The maximum Gasteiger partial charge on any atom is 0.270 e. The molecule has 1 amide bonds. The quantitative estimate of drug-likeness (QED) is 0.222. The molecule has 0 bridgehead atoms. The average Bonchev–Trinajstić information content (AvgIpc) is 3.43. The summed E-state index contributed by atoms with van der Waals surface area (Å²) in [5.41, 5.74) is 3.55. The third-order valence-corrected chi connectivity index (χ3v) is 6.03. The molecule has 0 saturated carbocycles. The van der Waals surface area contributed by atoms with Crippen molar-refractivity contribution in [1.82, 2.24) is 4.98 Å². The molecule has 2 aromatic carbocycles. The van der Waals surface area contributed by atoms with Crippen LogP contribution in [0.5, 0.6) is 0 Å². The molecule has 0 radical (unpaired) electrons. The van der Waals surface area contributed by atoms with Crippen LogP contribution in [-0.4, -0.2) is 15.8 Å². The Morgan fingerprint density at radius 3 is 2.71 bits per heavy atom. The molecule has 31 heavy (non-hydrogen) atoms. The van der Waals surface area contributed by atoms with Gasteiger partial charge in [-0.15, -0.1) is 0 Å². The molecule has 0 aliphatic rings. The summed E-state index contributed by atoms with van der Waals surface area (Å²) < 4.78 is 6.48. The summed E-state index contributed by atoms with van der Waals surface area (Å²) in [4.78, 5) is 29.9. The van der Waals surface area contributed by atoms with Crippen LogP contribution in [0.1, 0.15) is 22.5 Å². The number of aryl methyl sites for hydroxylation is 2. The van der Waals surface area contributed by atoms with Crippen molar-refractivity contribution in [3.8, 4) is 0 Å². The van der Waals surface area contributed by atoms with Gasteiger partial charge in [0.1, 0.15) is 5.76 Å². The summed E-state index contributed by atoms with van der Waals surface area (Å²) in [5.74, 6) is 0.335. The van der Waals surface area contributed by atoms with E-state index in [0.717, 1.165) is 21.3 Å². The van der Waals surface area contributed by atoms with Crippen molar-refractivity contribution in [2.24, 2.45) is 0 Å². The molecule has 2 aromatic heterocycles. The van der Waals surface area contributed by atoms with Gasteiger partial charge in [-0.3, -0.25) is 19.8 Å². The summed E-state index contributed by atoms with van der Waals surface area (Å²) in [6.07, 6.45) is 4.52. The zero-order valence-electron chi connectivity index (χ0n) is 16.9. The first-order chi connectivity index (χ1) is 14.9. The molecule has 0 atom stereocenters. The van der Waals surface area contributed by atoms with Crippen molar-refractivity contribution in [2.75, 3.05) is 4.90 Å². The number of rotatable bonds is 6. The van der Waals surface area contributed by atoms with E-state index in [4.69, 9.17) is 9.40 Å². The van der Waals surface area contributed by atoms with E-state index < -0.39 is 4.92 Å². The van der Waals surface area contributed by atoms with Gasteiger partial charge >= 0.3 is 0 Å². The second kappa shape index (κ2) is 8.53. The standard InChI is InChI=1S/C23H19N3O4S/c1-15-8-9-16(2)22-21(15)24-23(31-22)25(14-19-7-4-12-30-19)20(27)11-10-17-5-3-6-18(13-17)26(28)29/h3-13H,14H2,1-2H3/b11-10+. The number of amides is 1. The molecular weight excluding hydrogens is 414 g/mol. The van der Waals surface area contributed by atoms with Crippen LogP contribution in [0.3, 0.4) is 0 Å². The number of anilines is 1. The molecule has 4 aromatic rings. The number of hydrogen-bond acceptors (Lipinski definition) is 6. The number of fused-ring (bicyclic) bond motifs is 1. The Morgan fingerprint density at radius 2 is 2.00 bits per heavy atom. The number of nitrogens with zero attached hydrogens (tertiary/aromatic N) is 3. The van der Waals surface area contributed by atoms with Gasteiger partial charge in [-0.05, 0) is 48.7 Å². The number of non-ortho nitro benzene ring substituents is 1. The molecule has 2 heterocycles. The van der Waals surface area contributed by atoms with E-state index in [1.165, 1.54) is 29.5 Å². The molecule has 0 unspecified atom stereocenters. The van der Waals surface area contributed by atoms with Gasteiger partial charge in [0.15, 0.2) is 5.13 Å². The van der Waals surface area contributed by atoms with Crippen molar-refractivity contribution < 1.29 is 14.1 Å². The minimum Gasteiger partial charge on any atom is -0.467 e. The van der Waals surface area contributed by atoms with Crippen LogP contribution in [0.15, 0.2) is 65.3 Å². The predicted octanol–water partition coefficient (Wildman–Crippen LogP) is 5.66. The lowest BCUT2D eigenvalue weighted by Gasteiger charge is -2.16. The maximum atomic E-state index is 13.1. The van der Waals surface area contributed by atoms with Gasteiger partial charge in [-0.2, -0.15) is 0 Å². The highest BCUT2D eigenvalue weighted by Crippen LogP contribution is 2.34. The van der Waals surface area contributed by atoms with Crippen molar-refractivity contribution in [2.45, 2.75) is 20.4 Å². The van der Waals surface area contributed by atoms with E-state index in [2.05, 4.69) is 0 Å². The van der Waals surface area contributed by atoms with Crippen LogP contribution in [0.2, 0.25) is 0 Å². The first kappa shape index (κ1) is 20.5. The molecule has 0 fully saturated rings. The van der Waals surface area contributed by atoms with Gasteiger partial charge in [0.2, 0.25) is 0 Å². The molecule has 156 valence electrons. The van der Waals surface area contributed by atoms with Crippen LogP contribution in [-0.2, 0) is 11.3 Å². The van der Waals surface area contributed by atoms with Crippen LogP contribution in [0.25, 0.3) is 16.3 Å². The predicted molar refractivity (Wildman–Crippen MR) is 121 cm³/mol. The van der Waals surface area contributed by atoms with Gasteiger partial charge < -0.3 is 4.42 Å². The number of benzene rings is 2. The molecule has 0 spiro atoms. The number of furan rings is 1. The van der Waals surface area contributed by atoms with E-state index in [1.54, 1.807) is 41.5 Å². The Labute approximate surface area is 182 Å². The molecule has 4 rings (SSSR count). The Kier molecular flexibility index (Phi) is 5.64. The largest absolute Gasteiger partial charge is 0.467 e. The Bertz CT molecular complexity index is 1250. The average molecular weight is 433 g/mol. The zero-order chi connectivity index (χ0) is 22.0. The highest BCUT2D eigenvalue weighted by molar-refractivity contribution is 7.22. The Hall–Kier alpha value is -3.78. The zero-order valence-corrected chi connectivity index (χ0v) is 17.8. The first-order valence-corrected chi connectivity index (χ1v) is 10.4. The first-order valence-electron chi connectivity index (χ1n) is 9.55. The second-order valence-corrected chi connectivity index (χ2v) is 8.04. The lowest BCUT2D eigenvalue weighted by Crippen LogP contribution is -2.28. The number of nitro groups is 1. The number of aromatic nitrogens is 1. The fourth-order valence-corrected chi connectivity index (χ4v) is 4.28. The SMILES string of the molecule is Cc1ccc(C)c2sc(N(Cc3ccco3)C(=O)/C=C/c3cccc([N+](=O)[O-])c3)nc12. The third-order valence-electron chi connectivity index (χ3n) is 4.82. The number of carbonyl (C=O) groups is 1. The van der Waals surface area contributed by atoms with Gasteiger partial charge in [0, 0.05) is 18.2 Å². The number of carbonyl (C=O) groups excluding carboxylic acids is 1. The lowest BCUT2D eigenvalue weighted by atomic mass is 10.1. The lowest BCUT2D eigenvalue weighted by molar-refractivity contribution is -0.384. The van der Waals surface area contributed by atoms with Crippen LogP contribution in [0.4, 0.5) is 10.8 Å². The normalized spacial score (nSPS) is 11.3. The van der Waals surface area contributed by atoms with Crippen molar-refractivity contribution in [3.05, 3.63) is 93.4 Å². The summed E-state index contributed by atoms with van der Waals surface area (Å²) >= 11 is 1.45. The fourth-order valence-electron chi connectivity index (χ4n) is 3.16. The molecule has 7 nitrogen and oxygen atoms in total. The molecule has 0 saturated heterocycles. The second-order valence-electron chi connectivity index (χ2n) is 7.06. The minimum absolute atomic E-state index is 0.0286. The van der Waals surface area contributed by atoms with Crippen molar-refractivity contribution in [3.63, 3.8) is 0 Å². The minimum atomic E-state index is -0.464. The van der Waals surface area contributed by atoms with Crippen molar-refractivity contribution >= 4 is 44.4 Å². The van der Waals surface area contributed by atoms with Gasteiger partial charge in [0.05, 0.1) is 27.9 Å². The third kappa shape index (κ3) is 4.39. The molecule has 0 aliphatic carbocycles. The fraction of sp³-hybridized carbons (Fsp3) is 0.130. The smallest absolute Gasteiger partial charge is 0.270 e. The molecule has 0 N–H and O–H groups in total. The van der Waals surface area contributed by atoms with Gasteiger partial charge in [-0.1, -0.05) is 35.6 Å². The number of thiazole rings is 1. The maximum absolute atomic E-state index is 13.1. The monoisotopic (exact) mass is 433 g/mol. The topological polar surface area (TPSA) is 89.5 Å². The Morgan fingerprint density at radius 1 is 1.19 bits per heavy atom. The van der Waals surface area contributed by atoms with E-state index in [-0.39, 0.29) is 18.1 Å². The molecule has 0 aliphatic heterocycles. The highest BCUT2D eigenvalue weighted by atomic mass is 32.1. The Balaban J connectivity index is 1.69. The number of nitro benzene ring substituents is 1. The highest BCUT2D eigenvalue weighted by Gasteiger charge is 2.21. The van der Waals surface area contributed by atoms with E-state index in [0.29, 0.717) is 16.5 Å². The van der Waals surface area contributed by atoms with Crippen LogP contribution in [0, 0.1) is 24.0 Å². The summed E-state index contributed by atoms with van der Waals surface area (Å²) in [6.45, 7) is 4.24. The number of hydrogen-bond donors (Lipinski definition) is 0.